The highest BCUT2D eigenvalue weighted by atomic mass is 14.9. The van der Waals surface area contributed by atoms with Gasteiger partial charge in [-0.1, -0.05) is 51.1 Å². The summed E-state index contributed by atoms with van der Waals surface area (Å²) in [7, 11) is 1.98. The highest BCUT2D eigenvalue weighted by Gasteiger charge is 2.15. The van der Waals surface area contributed by atoms with Crippen LogP contribution in [0.2, 0.25) is 0 Å². The Morgan fingerprint density at radius 3 is 2.16 bits per heavy atom. The lowest BCUT2D eigenvalue weighted by Crippen LogP contribution is -2.18. The zero-order chi connectivity index (χ0) is 13.9. The third kappa shape index (κ3) is 3.21. The molecule has 1 N–H and O–H groups in total. The van der Waals surface area contributed by atoms with Gasteiger partial charge in [-0.05, 0) is 35.2 Å². The van der Waals surface area contributed by atoms with Crippen LogP contribution in [0.5, 0.6) is 0 Å². The molecule has 2 rings (SSSR count). The smallest absolute Gasteiger partial charge is 0.0589 e. The van der Waals surface area contributed by atoms with Crippen LogP contribution in [0.1, 0.15) is 43.5 Å². The summed E-state index contributed by atoms with van der Waals surface area (Å²) in [4.78, 5) is 4.20. The van der Waals surface area contributed by atoms with Gasteiger partial charge in [-0.3, -0.25) is 4.98 Å². The molecule has 0 aliphatic heterocycles. The van der Waals surface area contributed by atoms with Gasteiger partial charge in [0.25, 0.3) is 0 Å². The van der Waals surface area contributed by atoms with Crippen molar-refractivity contribution in [3.8, 4) is 0 Å². The van der Waals surface area contributed by atoms with Crippen LogP contribution in [0.3, 0.4) is 0 Å². The van der Waals surface area contributed by atoms with E-state index >= 15 is 0 Å². The number of pyridine rings is 1. The first-order chi connectivity index (χ1) is 9.02. The minimum atomic E-state index is 0.196. The molecule has 2 nitrogen and oxygen atoms in total. The minimum absolute atomic E-state index is 0.196. The van der Waals surface area contributed by atoms with Crippen molar-refractivity contribution in [3.63, 3.8) is 0 Å². The Bertz CT molecular complexity index is 509. The number of rotatable bonds is 3. The molecule has 0 radical (unpaired) electrons. The van der Waals surface area contributed by atoms with E-state index < -0.39 is 0 Å². The van der Waals surface area contributed by atoms with Crippen LogP contribution in [0.15, 0.2) is 48.8 Å². The number of hydrogen-bond acceptors (Lipinski definition) is 2. The average Bonchev–Trinajstić information content (AvgIpc) is 2.40. The van der Waals surface area contributed by atoms with Crippen LogP contribution in [0, 0.1) is 0 Å². The summed E-state index contributed by atoms with van der Waals surface area (Å²) in [5, 5.41) is 3.35. The zero-order valence-corrected chi connectivity index (χ0v) is 12.1. The molecule has 2 heteroatoms. The summed E-state index contributed by atoms with van der Waals surface area (Å²) < 4.78 is 0. The summed E-state index contributed by atoms with van der Waals surface area (Å²) in [5.74, 6) is 0. The molecule has 1 unspecified atom stereocenters. The second kappa shape index (κ2) is 5.54. The number of nitrogens with one attached hydrogen (secondary N) is 1. The van der Waals surface area contributed by atoms with Gasteiger partial charge in [0.2, 0.25) is 0 Å². The third-order valence-corrected chi connectivity index (χ3v) is 3.42. The van der Waals surface area contributed by atoms with Gasteiger partial charge in [-0.2, -0.15) is 0 Å². The fourth-order valence-corrected chi connectivity index (χ4v) is 2.25. The van der Waals surface area contributed by atoms with E-state index in [1.165, 1.54) is 16.7 Å². The van der Waals surface area contributed by atoms with Crippen LogP contribution < -0.4 is 5.32 Å². The highest BCUT2D eigenvalue weighted by molar-refractivity contribution is 5.34. The second-order valence-electron chi connectivity index (χ2n) is 5.88. The molecule has 0 aliphatic rings. The first kappa shape index (κ1) is 13.8. The summed E-state index contributed by atoms with van der Waals surface area (Å²) >= 11 is 0. The molecular weight excluding hydrogens is 232 g/mol. The van der Waals surface area contributed by atoms with Crippen LogP contribution >= 0.6 is 0 Å². The van der Waals surface area contributed by atoms with Gasteiger partial charge in [-0.15, -0.1) is 0 Å². The fourth-order valence-electron chi connectivity index (χ4n) is 2.25. The molecule has 2 aromatic rings. The zero-order valence-electron chi connectivity index (χ0n) is 12.1. The quantitative estimate of drug-likeness (QED) is 0.903. The number of benzene rings is 1. The van der Waals surface area contributed by atoms with Crippen molar-refractivity contribution in [1.29, 1.82) is 0 Å². The van der Waals surface area contributed by atoms with Crippen molar-refractivity contribution in [2.75, 3.05) is 7.05 Å². The van der Waals surface area contributed by atoms with Crippen molar-refractivity contribution in [2.45, 2.75) is 32.2 Å². The Kier molecular flexibility index (Phi) is 4.01. The summed E-state index contributed by atoms with van der Waals surface area (Å²) in [6, 6.07) is 13.1. The lowest BCUT2D eigenvalue weighted by molar-refractivity contribution is 0.589. The number of hydrogen-bond donors (Lipinski definition) is 1. The molecule has 100 valence electrons. The number of nitrogens with zero attached hydrogens (tertiary/aromatic N) is 1. The van der Waals surface area contributed by atoms with E-state index in [1.807, 2.05) is 19.3 Å². The lowest BCUT2D eigenvalue weighted by Gasteiger charge is -2.21. The maximum atomic E-state index is 4.20. The summed E-state index contributed by atoms with van der Waals surface area (Å²) in [6.07, 6.45) is 3.72. The van der Waals surface area contributed by atoms with Crippen molar-refractivity contribution in [2.24, 2.45) is 0 Å². The standard InChI is InChI=1S/C17H22N2/c1-17(2,3)15-9-7-13(8-10-15)16(18-4)14-6-5-11-19-12-14/h5-12,16,18H,1-4H3. The largest absolute Gasteiger partial charge is 0.309 e. The molecule has 0 saturated heterocycles. The molecule has 0 spiro atoms. The third-order valence-electron chi connectivity index (χ3n) is 3.42. The molecule has 0 amide bonds. The topological polar surface area (TPSA) is 24.9 Å². The molecule has 0 fully saturated rings. The minimum Gasteiger partial charge on any atom is -0.309 e. The van der Waals surface area contributed by atoms with Gasteiger partial charge in [-0.25, -0.2) is 0 Å². The Morgan fingerprint density at radius 2 is 1.68 bits per heavy atom. The van der Waals surface area contributed by atoms with Crippen LogP contribution in [0.25, 0.3) is 0 Å². The fraction of sp³-hybridized carbons (Fsp3) is 0.353. The van der Waals surface area contributed by atoms with Crippen molar-refractivity contribution in [1.82, 2.24) is 10.3 Å². The van der Waals surface area contributed by atoms with Gasteiger partial charge < -0.3 is 5.32 Å². The van der Waals surface area contributed by atoms with Crippen LogP contribution in [0.4, 0.5) is 0 Å². The maximum absolute atomic E-state index is 4.20. The average molecular weight is 254 g/mol. The van der Waals surface area contributed by atoms with E-state index in [4.69, 9.17) is 0 Å². The van der Waals surface area contributed by atoms with Crippen molar-refractivity contribution >= 4 is 0 Å². The molecule has 0 saturated carbocycles. The first-order valence-electron chi connectivity index (χ1n) is 6.70. The summed E-state index contributed by atoms with van der Waals surface area (Å²) in [6.45, 7) is 6.70. The highest BCUT2D eigenvalue weighted by Crippen LogP contribution is 2.26. The molecule has 1 aromatic carbocycles. The second-order valence-corrected chi connectivity index (χ2v) is 5.88. The molecule has 1 heterocycles. The van der Waals surface area contributed by atoms with E-state index in [0.29, 0.717) is 0 Å². The van der Waals surface area contributed by atoms with E-state index in [1.54, 1.807) is 6.20 Å². The van der Waals surface area contributed by atoms with Crippen LogP contribution in [-0.2, 0) is 5.41 Å². The van der Waals surface area contributed by atoms with E-state index in [-0.39, 0.29) is 11.5 Å². The molecule has 0 aliphatic carbocycles. The normalized spacial score (nSPS) is 13.3. The van der Waals surface area contributed by atoms with E-state index in [9.17, 15) is 0 Å². The maximum Gasteiger partial charge on any atom is 0.0589 e. The molecular formula is C17H22N2. The molecule has 1 atom stereocenters. The lowest BCUT2D eigenvalue weighted by atomic mass is 9.86. The summed E-state index contributed by atoms with van der Waals surface area (Å²) in [5.41, 5.74) is 4.01. The van der Waals surface area contributed by atoms with Gasteiger partial charge >= 0.3 is 0 Å². The van der Waals surface area contributed by atoms with E-state index in [2.05, 4.69) is 61.4 Å². The predicted molar refractivity (Wildman–Crippen MR) is 80.3 cm³/mol. The van der Waals surface area contributed by atoms with Gasteiger partial charge in [0.05, 0.1) is 6.04 Å². The van der Waals surface area contributed by atoms with Crippen molar-refractivity contribution in [3.05, 3.63) is 65.5 Å². The predicted octanol–water partition coefficient (Wildman–Crippen LogP) is 3.69. The van der Waals surface area contributed by atoms with Gasteiger partial charge in [0.15, 0.2) is 0 Å². The monoisotopic (exact) mass is 254 g/mol. The molecule has 0 bridgehead atoms. The Balaban J connectivity index is 2.30. The van der Waals surface area contributed by atoms with Crippen LogP contribution in [-0.4, -0.2) is 12.0 Å². The number of aromatic nitrogens is 1. The van der Waals surface area contributed by atoms with Crippen molar-refractivity contribution < 1.29 is 0 Å². The molecule has 19 heavy (non-hydrogen) atoms. The molecule has 1 aromatic heterocycles. The Morgan fingerprint density at radius 1 is 1.00 bits per heavy atom. The van der Waals surface area contributed by atoms with Gasteiger partial charge in [0.1, 0.15) is 0 Å². The van der Waals surface area contributed by atoms with Gasteiger partial charge in [0, 0.05) is 12.4 Å². The SMILES string of the molecule is CNC(c1ccc(C(C)(C)C)cc1)c1cccnc1. The Hall–Kier alpha value is -1.67. The van der Waals surface area contributed by atoms with E-state index in [0.717, 1.165) is 0 Å². The first-order valence-corrected chi connectivity index (χ1v) is 6.70. The Labute approximate surface area is 115 Å².